The fraction of sp³-hybridized carbons (Fsp3) is 0.464. The van der Waals surface area contributed by atoms with Crippen LogP contribution in [-0.2, 0) is 14.3 Å². The molecule has 4 rings (SSSR count). The van der Waals surface area contributed by atoms with Gasteiger partial charge in [-0.05, 0) is 33.8 Å². The number of amides is 3. The lowest BCUT2D eigenvalue weighted by Gasteiger charge is -2.31. The highest BCUT2D eigenvalue weighted by atomic mass is 35.5. The lowest BCUT2D eigenvalue weighted by molar-refractivity contribution is -0.139. The Balaban J connectivity index is 1.60. The van der Waals surface area contributed by atoms with Crippen LogP contribution in [-0.4, -0.2) is 82.9 Å². The number of carbonyl (C=O) groups excluding carboxylic acids is 3. The van der Waals surface area contributed by atoms with Crippen LogP contribution in [0.3, 0.4) is 0 Å². The van der Waals surface area contributed by atoms with Gasteiger partial charge in [0.25, 0.3) is 0 Å². The zero-order valence-electron chi connectivity index (χ0n) is 23.9. The number of halogens is 2. The van der Waals surface area contributed by atoms with Gasteiger partial charge in [0.2, 0.25) is 5.91 Å². The maximum Gasteiger partial charge on any atom is 0.338 e. The number of hydrogen-bond donors (Lipinski definition) is 3. The monoisotopic (exact) mass is 619 g/mol. The first-order chi connectivity index (χ1) is 19.9. The molecule has 1 aromatic carbocycles. The summed E-state index contributed by atoms with van der Waals surface area (Å²) in [6, 6.07) is 2.89. The number of nitrogens with two attached hydrogens (primary N) is 1. The number of nitrogens with one attached hydrogen (secondary N) is 2. The Bertz CT molecular complexity index is 1390. The van der Waals surface area contributed by atoms with Crippen molar-refractivity contribution in [3.8, 4) is 0 Å². The molecule has 11 nitrogen and oxygen atoms in total. The van der Waals surface area contributed by atoms with Crippen molar-refractivity contribution < 1.29 is 23.5 Å². The lowest BCUT2D eigenvalue weighted by Crippen LogP contribution is -2.46. The van der Waals surface area contributed by atoms with Gasteiger partial charge in [0, 0.05) is 61.0 Å². The fourth-order valence-corrected chi connectivity index (χ4v) is 5.76. The second-order valence-corrected chi connectivity index (χ2v) is 12.1. The van der Waals surface area contributed by atoms with Crippen LogP contribution in [0.25, 0.3) is 0 Å². The predicted octanol–water partition coefficient (Wildman–Crippen LogP) is 3.21. The van der Waals surface area contributed by atoms with Crippen molar-refractivity contribution in [3.63, 3.8) is 0 Å². The number of primary amides is 1. The number of benzene rings is 1. The van der Waals surface area contributed by atoms with E-state index in [0.717, 1.165) is 0 Å². The number of hydrogen-bond acceptors (Lipinski definition) is 9. The van der Waals surface area contributed by atoms with Gasteiger partial charge in [-0.3, -0.25) is 9.79 Å². The summed E-state index contributed by atoms with van der Waals surface area (Å²) in [6.07, 6.45) is 1.69. The normalized spacial score (nSPS) is 19.2. The molecule has 0 spiro atoms. The number of carbonyl (C=O) groups is 3. The van der Waals surface area contributed by atoms with E-state index in [1.54, 1.807) is 34.4 Å². The van der Waals surface area contributed by atoms with Crippen molar-refractivity contribution in [1.82, 2.24) is 25.4 Å². The number of nitrogens with zero attached hydrogens (tertiary/aromatic N) is 4. The summed E-state index contributed by atoms with van der Waals surface area (Å²) >= 11 is 7.71. The molecule has 4 N–H and O–H groups in total. The summed E-state index contributed by atoms with van der Waals surface area (Å²) in [5, 5.41) is 8.72. The second kappa shape index (κ2) is 13.2. The predicted molar refractivity (Wildman–Crippen MR) is 159 cm³/mol. The van der Waals surface area contributed by atoms with Gasteiger partial charge in [-0.2, -0.15) is 0 Å². The van der Waals surface area contributed by atoms with Crippen LogP contribution >= 0.6 is 22.9 Å². The van der Waals surface area contributed by atoms with E-state index < -0.39 is 29.3 Å². The minimum atomic E-state index is -0.954. The average Bonchev–Trinajstić information content (AvgIpc) is 3.56. The molecule has 2 aromatic rings. The number of rotatable bonds is 11. The number of aliphatic imine (C=N–C) groups is 1. The number of amidine groups is 1. The van der Waals surface area contributed by atoms with E-state index in [4.69, 9.17) is 27.1 Å². The molecule has 1 saturated heterocycles. The van der Waals surface area contributed by atoms with Crippen LogP contribution in [0.4, 0.5) is 9.18 Å². The van der Waals surface area contributed by atoms with E-state index >= 15 is 0 Å². The molecular formula is C28H35ClFN7O4S. The van der Waals surface area contributed by atoms with Gasteiger partial charge in [-0.15, -0.1) is 11.3 Å². The molecule has 14 heteroatoms. The maximum absolute atomic E-state index is 14.5. The number of esters is 1. The number of thiazole rings is 1. The summed E-state index contributed by atoms with van der Waals surface area (Å²) < 4.78 is 19.9. The molecule has 2 aliphatic rings. The summed E-state index contributed by atoms with van der Waals surface area (Å²) in [7, 11) is 0. The number of ether oxygens (including phenoxy) is 1. The van der Waals surface area contributed by atoms with Crippen molar-refractivity contribution in [2.24, 2.45) is 10.7 Å². The van der Waals surface area contributed by atoms with E-state index in [2.05, 4.69) is 15.6 Å². The molecule has 0 radical (unpaired) electrons. The van der Waals surface area contributed by atoms with E-state index in [-0.39, 0.29) is 42.2 Å². The summed E-state index contributed by atoms with van der Waals surface area (Å²) in [6.45, 7) is 8.84. The molecule has 226 valence electrons. The summed E-state index contributed by atoms with van der Waals surface area (Å²) in [4.78, 5) is 50.6. The van der Waals surface area contributed by atoms with Crippen molar-refractivity contribution in [2.45, 2.75) is 51.7 Å². The second-order valence-electron chi connectivity index (χ2n) is 10.9. The Labute approximate surface area is 253 Å². The van der Waals surface area contributed by atoms with E-state index in [0.29, 0.717) is 41.7 Å². The molecule has 0 bridgehead atoms. The van der Waals surface area contributed by atoms with Crippen molar-refractivity contribution in [3.05, 3.63) is 62.5 Å². The molecule has 42 heavy (non-hydrogen) atoms. The molecule has 1 fully saturated rings. The highest BCUT2D eigenvalue weighted by molar-refractivity contribution is 7.11. The third-order valence-electron chi connectivity index (χ3n) is 6.92. The SMILES string of the molecule is CCOC(=O)C1=C(CNCCN2C(=O)N(C(C)(C)C)CC2CC(N)=O)NC(c2nccs2)=NC1c1cccc(F)c1Cl. The van der Waals surface area contributed by atoms with Crippen LogP contribution in [0, 0.1) is 5.82 Å². The van der Waals surface area contributed by atoms with Crippen LogP contribution in [0.1, 0.15) is 50.7 Å². The number of urea groups is 1. The van der Waals surface area contributed by atoms with Crippen LogP contribution in [0.5, 0.6) is 0 Å². The standard InChI is InChI=1S/C28H35ClFN7O4S/c1-5-41-26(39)21-19(14-32-9-11-36-16(13-20(31)38)15-37(27(36)40)28(2,3)4)34-24(25-33-10-12-42-25)35-23(21)17-7-6-8-18(30)22(17)29/h6-8,10,12,16,23,32H,5,9,11,13-15H2,1-4H3,(H2,31,38)(H,34,35). The first kappa shape index (κ1) is 31.4. The topological polar surface area (TPSA) is 142 Å². The molecular weight excluding hydrogens is 585 g/mol. The Kier molecular flexibility index (Phi) is 9.85. The highest BCUT2D eigenvalue weighted by Crippen LogP contribution is 2.37. The highest BCUT2D eigenvalue weighted by Gasteiger charge is 2.42. The molecule has 0 saturated carbocycles. The number of aromatic nitrogens is 1. The quantitative estimate of drug-likeness (QED) is 0.259. The van der Waals surface area contributed by atoms with Crippen LogP contribution in [0.2, 0.25) is 5.02 Å². The van der Waals surface area contributed by atoms with Gasteiger partial charge in [0.15, 0.2) is 10.8 Å². The third kappa shape index (κ3) is 6.90. The van der Waals surface area contributed by atoms with E-state index in [9.17, 15) is 18.8 Å². The van der Waals surface area contributed by atoms with Crippen molar-refractivity contribution >= 4 is 46.7 Å². The van der Waals surface area contributed by atoms with E-state index in [1.165, 1.54) is 23.5 Å². The average molecular weight is 620 g/mol. The zero-order chi connectivity index (χ0) is 30.6. The molecule has 3 amide bonds. The molecule has 0 aliphatic carbocycles. The molecule has 2 atom stereocenters. The van der Waals surface area contributed by atoms with Crippen molar-refractivity contribution in [2.75, 3.05) is 32.8 Å². The molecule has 2 unspecified atom stereocenters. The Morgan fingerprint density at radius 3 is 2.74 bits per heavy atom. The first-order valence-corrected chi connectivity index (χ1v) is 14.8. The van der Waals surface area contributed by atoms with Gasteiger partial charge < -0.3 is 30.9 Å². The van der Waals surface area contributed by atoms with Gasteiger partial charge in [0.1, 0.15) is 11.9 Å². The summed E-state index contributed by atoms with van der Waals surface area (Å²) in [5.41, 5.74) is 6.00. The van der Waals surface area contributed by atoms with Crippen LogP contribution < -0.4 is 16.4 Å². The van der Waals surface area contributed by atoms with Gasteiger partial charge in [-0.25, -0.2) is 19.0 Å². The van der Waals surface area contributed by atoms with Gasteiger partial charge >= 0.3 is 12.0 Å². The molecule has 1 aromatic heterocycles. The largest absolute Gasteiger partial charge is 0.463 e. The Morgan fingerprint density at radius 1 is 1.33 bits per heavy atom. The minimum absolute atomic E-state index is 0.0573. The van der Waals surface area contributed by atoms with Gasteiger partial charge in [0.05, 0.1) is 23.2 Å². The first-order valence-electron chi connectivity index (χ1n) is 13.6. The van der Waals surface area contributed by atoms with Crippen molar-refractivity contribution in [1.29, 1.82) is 0 Å². The fourth-order valence-electron chi connectivity index (χ4n) is 4.95. The maximum atomic E-state index is 14.5. The minimum Gasteiger partial charge on any atom is -0.463 e. The Morgan fingerprint density at radius 2 is 2.10 bits per heavy atom. The van der Waals surface area contributed by atoms with E-state index in [1.807, 2.05) is 20.8 Å². The Hall–Kier alpha value is -3.55. The van der Waals surface area contributed by atoms with Crippen LogP contribution in [0.15, 0.2) is 46.0 Å². The summed E-state index contributed by atoms with van der Waals surface area (Å²) in [5.74, 6) is -1.33. The lowest BCUT2D eigenvalue weighted by atomic mass is 9.95. The smallest absolute Gasteiger partial charge is 0.338 e. The third-order valence-corrected chi connectivity index (χ3v) is 8.10. The molecule has 2 aliphatic heterocycles. The van der Waals surface area contributed by atoms with Gasteiger partial charge in [-0.1, -0.05) is 23.7 Å². The zero-order valence-corrected chi connectivity index (χ0v) is 25.5. The molecule has 3 heterocycles.